The van der Waals surface area contributed by atoms with Crippen molar-refractivity contribution in [3.63, 3.8) is 0 Å². The predicted molar refractivity (Wildman–Crippen MR) is 112 cm³/mol. The SMILES string of the molecule is COC1=CC=C(OCCn2c(CN3CCCCC3)nc3ccccc32)C(C)C1. The van der Waals surface area contributed by atoms with Crippen molar-refractivity contribution in [2.45, 2.75) is 45.7 Å². The second-order valence-electron chi connectivity index (χ2n) is 7.86. The third-order valence-corrected chi connectivity index (χ3v) is 5.82. The van der Waals surface area contributed by atoms with E-state index in [0.717, 1.165) is 42.4 Å². The smallest absolute Gasteiger partial charge is 0.124 e. The van der Waals surface area contributed by atoms with E-state index in [-0.39, 0.29) is 0 Å². The molecule has 1 aliphatic carbocycles. The number of fused-ring (bicyclic) bond motifs is 1. The number of methoxy groups -OCH3 is 1. The van der Waals surface area contributed by atoms with Crippen LogP contribution in [0.5, 0.6) is 0 Å². The zero-order valence-electron chi connectivity index (χ0n) is 17.1. The molecule has 0 saturated carbocycles. The van der Waals surface area contributed by atoms with Crippen LogP contribution >= 0.6 is 0 Å². The van der Waals surface area contributed by atoms with Crippen molar-refractivity contribution in [2.75, 3.05) is 26.8 Å². The van der Waals surface area contributed by atoms with Crippen molar-refractivity contribution in [3.8, 4) is 0 Å². The van der Waals surface area contributed by atoms with Crippen LogP contribution in [0.3, 0.4) is 0 Å². The molecule has 0 N–H and O–H groups in total. The number of imidazole rings is 1. The van der Waals surface area contributed by atoms with E-state index in [1.807, 2.05) is 12.2 Å². The van der Waals surface area contributed by atoms with E-state index in [1.165, 1.54) is 37.9 Å². The highest BCUT2D eigenvalue weighted by Gasteiger charge is 2.19. The molecule has 1 aromatic carbocycles. The number of rotatable bonds is 7. The van der Waals surface area contributed by atoms with Gasteiger partial charge in [-0.15, -0.1) is 0 Å². The van der Waals surface area contributed by atoms with E-state index in [1.54, 1.807) is 7.11 Å². The van der Waals surface area contributed by atoms with Gasteiger partial charge in [0.05, 0.1) is 42.8 Å². The molecule has 1 atom stereocenters. The van der Waals surface area contributed by atoms with Gasteiger partial charge in [-0.3, -0.25) is 4.90 Å². The Balaban J connectivity index is 1.47. The summed E-state index contributed by atoms with van der Waals surface area (Å²) in [4.78, 5) is 7.47. The lowest BCUT2D eigenvalue weighted by atomic mass is 9.99. The standard InChI is InChI=1S/C23H31N3O2/c1-18-16-19(27-2)10-11-22(18)28-15-14-26-21-9-5-4-8-20(21)24-23(26)17-25-12-6-3-7-13-25/h4-5,8-11,18H,3,6-7,12-17H2,1-2H3. The molecule has 0 amide bonds. The second kappa shape index (κ2) is 8.82. The van der Waals surface area contributed by atoms with Crippen molar-refractivity contribution in [1.82, 2.24) is 14.5 Å². The Bertz CT molecular complexity index is 862. The van der Waals surface area contributed by atoms with E-state index >= 15 is 0 Å². The summed E-state index contributed by atoms with van der Waals surface area (Å²) in [5.74, 6) is 3.57. The first-order valence-electron chi connectivity index (χ1n) is 10.5. The molecule has 5 heteroatoms. The number of aromatic nitrogens is 2. The monoisotopic (exact) mass is 381 g/mol. The maximum absolute atomic E-state index is 6.15. The third-order valence-electron chi connectivity index (χ3n) is 5.82. The van der Waals surface area contributed by atoms with Gasteiger partial charge in [0.15, 0.2) is 0 Å². The van der Waals surface area contributed by atoms with Gasteiger partial charge in [0.25, 0.3) is 0 Å². The fourth-order valence-corrected chi connectivity index (χ4v) is 4.22. The molecule has 1 saturated heterocycles. The molecule has 150 valence electrons. The number of piperidine rings is 1. The van der Waals surface area contributed by atoms with Crippen LogP contribution in [-0.4, -0.2) is 41.3 Å². The predicted octanol–water partition coefficient (Wildman–Crippen LogP) is 4.49. The van der Waals surface area contributed by atoms with Crippen molar-refractivity contribution in [1.29, 1.82) is 0 Å². The average Bonchev–Trinajstić information content (AvgIpc) is 3.07. The van der Waals surface area contributed by atoms with Crippen LogP contribution in [0, 0.1) is 5.92 Å². The summed E-state index contributed by atoms with van der Waals surface area (Å²) in [5.41, 5.74) is 2.28. The molecule has 1 aliphatic heterocycles. The highest BCUT2D eigenvalue weighted by molar-refractivity contribution is 5.75. The number of benzene rings is 1. The summed E-state index contributed by atoms with van der Waals surface area (Å²) in [6, 6.07) is 8.43. The van der Waals surface area contributed by atoms with E-state index in [9.17, 15) is 0 Å². The number of hydrogen-bond donors (Lipinski definition) is 0. The molecule has 2 heterocycles. The Morgan fingerprint density at radius 2 is 1.93 bits per heavy atom. The Kier molecular flexibility index (Phi) is 6.01. The van der Waals surface area contributed by atoms with Crippen LogP contribution in [0.15, 0.2) is 47.9 Å². The highest BCUT2D eigenvalue weighted by atomic mass is 16.5. The molecule has 0 spiro atoms. The van der Waals surface area contributed by atoms with Crippen LogP contribution in [0.2, 0.25) is 0 Å². The number of hydrogen-bond acceptors (Lipinski definition) is 4. The van der Waals surface area contributed by atoms with Gasteiger partial charge in [0.2, 0.25) is 0 Å². The minimum absolute atomic E-state index is 0.354. The number of nitrogens with zero attached hydrogens (tertiary/aromatic N) is 3. The van der Waals surface area contributed by atoms with E-state index in [2.05, 4.69) is 40.7 Å². The van der Waals surface area contributed by atoms with Crippen LogP contribution in [-0.2, 0) is 22.6 Å². The largest absolute Gasteiger partial charge is 0.501 e. The van der Waals surface area contributed by atoms with Gasteiger partial charge in [-0.25, -0.2) is 4.98 Å². The van der Waals surface area contributed by atoms with E-state index in [0.29, 0.717) is 12.5 Å². The number of ether oxygens (including phenoxy) is 2. The summed E-state index contributed by atoms with van der Waals surface area (Å²) in [5, 5.41) is 0. The van der Waals surface area contributed by atoms with Gasteiger partial charge < -0.3 is 14.0 Å². The second-order valence-corrected chi connectivity index (χ2v) is 7.86. The maximum atomic E-state index is 6.15. The Hall–Kier alpha value is -2.27. The average molecular weight is 382 g/mol. The van der Waals surface area contributed by atoms with Gasteiger partial charge in [0, 0.05) is 12.3 Å². The fourth-order valence-electron chi connectivity index (χ4n) is 4.22. The van der Waals surface area contributed by atoms with E-state index in [4.69, 9.17) is 14.5 Å². The van der Waals surface area contributed by atoms with Gasteiger partial charge in [-0.1, -0.05) is 25.5 Å². The molecule has 1 aromatic heterocycles. The van der Waals surface area contributed by atoms with Gasteiger partial charge in [-0.2, -0.15) is 0 Å². The Labute approximate surface area is 167 Å². The van der Waals surface area contributed by atoms with Gasteiger partial charge >= 0.3 is 0 Å². The van der Waals surface area contributed by atoms with Crippen LogP contribution in [0.4, 0.5) is 0 Å². The van der Waals surface area contributed by atoms with Crippen LogP contribution in [0.25, 0.3) is 11.0 Å². The number of para-hydroxylation sites is 2. The summed E-state index contributed by atoms with van der Waals surface area (Å²) in [6.45, 7) is 6.94. The van der Waals surface area contributed by atoms with Crippen molar-refractivity contribution in [3.05, 3.63) is 53.8 Å². The summed E-state index contributed by atoms with van der Waals surface area (Å²) in [6.07, 6.45) is 8.92. The first kappa shape index (κ1) is 19.1. The number of allylic oxidation sites excluding steroid dienone is 4. The van der Waals surface area contributed by atoms with E-state index < -0.39 is 0 Å². The first-order valence-corrected chi connectivity index (χ1v) is 10.5. The Morgan fingerprint density at radius 1 is 1.11 bits per heavy atom. The molecule has 2 aromatic rings. The lowest BCUT2D eigenvalue weighted by Gasteiger charge is -2.26. The Morgan fingerprint density at radius 3 is 2.71 bits per heavy atom. The summed E-state index contributed by atoms with van der Waals surface area (Å²) < 4.78 is 13.8. The maximum Gasteiger partial charge on any atom is 0.124 e. The molecule has 0 bridgehead atoms. The molecule has 28 heavy (non-hydrogen) atoms. The molecular formula is C23H31N3O2. The fraction of sp³-hybridized carbons (Fsp3) is 0.522. The van der Waals surface area contributed by atoms with Gasteiger partial charge in [0.1, 0.15) is 12.4 Å². The third kappa shape index (κ3) is 4.25. The summed E-state index contributed by atoms with van der Waals surface area (Å²) in [7, 11) is 1.73. The minimum Gasteiger partial charge on any atom is -0.501 e. The molecule has 5 nitrogen and oxygen atoms in total. The number of likely N-dealkylation sites (tertiary alicyclic amines) is 1. The lowest BCUT2D eigenvalue weighted by Crippen LogP contribution is -2.30. The zero-order valence-corrected chi connectivity index (χ0v) is 17.1. The molecular weight excluding hydrogens is 350 g/mol. The molecule has 0 radical (unpaired) electrons. The molecule has 4 rings (SSSR count). The normalized spacial score (nSPS) is 20.7. The van der Waals surface area contributed by atoms with Gasteiger partial charge in [-0.05, 0) is 50.2 Å². The molecule has 1 fully saturated rings. The highest BCUT2D eigenvalue weighted by Crippen LogP contribution is 2.26. The van der Waals surface area contributed by atoms with Crippen molar-refractivity contribution in [2.24, 2.45) is 5.92 Å². The lowest BCUT2D eigenvalue weighted by molar-refractivity contribution is 0.157. The first-order chi connectivity index (χ1) is 13.7. The molecule has 1 unspecified atom stereocenters. The van der Waals surface area contributed by atoms with Crippen molar-refractivity contribution < 1.29 is 9.47 Å². The van der Waals surface area contributed by atoms with Crippen LogP contribution in [0.1, 0.15) is 38.4 Å². The van der Waals surface area contributed by atoms with Crippen LogP contribution < -0.4 is 0 Å². The quantitative estimate of drug-likeness (QED) is 0.708. The van der Waals surface area contributed by atoms with Crippen molar-refractivity contribution >= 4 is 11.0 Å². The topological polar surface area (TPSA) is 39.5 Å². The molecule has 2 aliphatic rings. The summed E-state index contributed by atoms with van der Waals surface area (Å²) >= 11 is 0. The zero-order chi connectivity index (χ0) is 19.3. The minimum atomic E-state index is 0.354.